The second kappa shape index (κ2) is 6.85. The predicted molar refractivity (Wildman–Crippen MR) is 108 cm³/mol. The Morgan fingerprint density at radius 2 is 1.90 bits per heavy atom. The first-order valence-electron chi connectivity index (χ1n) is 8.96. The molecule has 0 radical (unpaired) electrons. The van der Waals surface area contributed by atoms with Crippen molar-refractivity contribution < 1.29 is 9.66 Å². The summed E-state index contributed by atoms with van der Waals surface area (Å²) in [4.78, 5) is 23.9. The van der Waals surface area contributed by atoms with Crippen LogP contribution < -0.4 is 4.74 Å². The molecule has 0 saturated heterocycles. The Morgan fingerprint density at radius 3 is 2.77 bits per heavy atom. The molecule has 10 heteroatoms. The Bertz CT molecular complexity index is 1430. The summed E-state index contributed by atoms with van der Waals surface area (Å²) in [5, 5.41) is 20.9. The maximum Gasteiger partial charge on any atom is 0.375 e. The van der Waals surface area contributed by atoms with Crippen molar-refractivity contribution in [2.45, 2.75) is 6.92 Å². The van der Waals surface area contributed by atoms with Crippen molar-refractivity contribution in [3.63, 3.8) is 0 Å². The lowest BCUT2D eigenvalue weighted by Gasteiger charge is -2.10. The summed E-state index contributed by atoms with van der Waals surface area (Å²) in [6.07, 6.45) is 1.19. The van der Waals surface area contributed by atoms with Crippen LogP contribution in [0.25, 0.3) is 27.8 Å². The monoisotopic (exact) mass is 399 g/mol. The van der Waals surface area contributed by atoms with E-state index in [1.807, 2.05) is 25.1 Å². The minimum Gasteiger partial charge on any atom is -0.431 e. The number of rotatable bonds is 4. The molecule has 5 rings (SSSR count). The highest BCUT2D eigenvalue weighted by Gasteiger charge is 2.28. The quantitative estimate of drug-likeness (QED) is 0.331. The van der Waals surface area contributed by atoms with Gasteiger partial charge in [-0.25, -0.2) is 9.97 Å². The largest absolute Gasteiger partial charge is 0.431 e. The van der Waals surface area contributed by atoms with Gasteiger partial charge in [-0.2, -0.15) is 9.67 Å². The lowest BCUT2D eigenvalue weighted by Crippen LogP contribution is -2.07. The van der Waals surface area contributed by atoms with E-state index in [1.165, 1.54) is 11.0 Å². The Hall–Kier alpha value is -4.47. The second-order valence-corrected chi connectivity index (χ2v) is 6.48. The van der Waals surface area contributed by atoms with Gasteiger partial charge in [-0.05, 0) is 31.2 Å². The van der Waals surface area contributed by atoms with Crippen LogP contribution in [0.4, 0.5) is 5.69 Å². The van der Waals surface area contributed by atoms with Crippen molar-refractivity contribution in [2.75, 3.05) is 0 Å². The minimum atomic E-state index is -0.592. The molecule has 30 heavy (non-hydrogen) atoms. The third-order valence-corrected chi connectivity index (χ3v) is 4.53. The summed E-state index contributed by atoms with van der Waals surface area (Å²) >= 11 is 0. The Kier molecular flexibility index (Phi) is 4.02. The van der Waals surface area contributed by atoms with Gasteiger partial charge in [0.2, 0.25) is 5.82 Å². The van der Waals surface area contributed by atoms with E-state index in [4.69, 9.17) is 4.74 Å². The fourth-order valence-electron chi connectivity index (χ4n) is 3.17. The minimum absolute atomic E-state index is 0.0388. The predicted octanol–water partition coefficient (Wildman–Crippen LogP) is 3.77. The molecule has 2 aromatic carbocycles. The summed E-state index contributed by atoms with van der Waals surface area (Å²) in [6.45, 7) is 1.86. The molecule has 0 aliphatic rings. The fraction of sp³-hybridized carbons (Fsp3) is 0.0500. The van der Waals surface area contributed by atoms with Crippen LogP contribution in [0, 0.1) is 17.0 Å². The van der Waals surface area contributed by atoms with Crippen LogP contribution in [0.5, 0.6) is 11.6 Å². The summed E-state index contributed by atoms with van der Waals surface area (Å²) in [6, 6.07) is 16.2. The Labute approximate surface area is 168 Å². The molecule has 0 amide bonds. The van der Waals surface area contributed by atoms with E-state index < -0.39 is 10.6 Å². The molecule has 0 N–H and O–H groups in total. The van der Waals surface area contributed by atoms with Crippen LogP contribution in [0.2, 0.25) is 0 Å². The van der Waals surface area contributed by atoms with Crippen LogP contribution >= 0.6 is 0 Å². The summed E-state index contributed by atoms with van der Waals surface area (Å²) in [5.41, 5.74) is 2.12. The van der Waals surface area contributed by atoms with Crippen LogP contribution in [-0.4, -0.2) is 34.9 Å². The molecule has 10 nitrogen and oxygen atoms in total. The van der Waals surface area contributed by atoms with Crippen molar-refractivity contribution in [3.8, 4) is 17.4 Å². The number of para-hydroxylation sites is 2. The number of nitro groups is 1. The van der Waals surface area contributed by atoms with E-state index in [0.29, 0.717) is 22.3 Å². The maximum atomic E-state index is 12.0. The number of pyridine rings is 1. The highest BCUT2D eigenvalue weighted by molar-refractivity contribution is 5.85. The first kappa shape index (κ1) is 17.6. The standard InChI is InChI=1S/C20H13N7O3/c1-12-9-10-13-5-4-8-16(17(13)23-12)30-20-18(27(28)29)19(21-11-22-20)26-15-7-3-2-6-14(15)24-25-26/h2-11H,1H3. The van der Waals surface area contributed by atoms with E-state index in [-0.39, 0.29) is 11.7 Å². The van der Waals surface area contributed by atoms with Crippen molar-refractivity contribution in [3.05, 3.63) is 76.7 Å². The molecule has 0 saturated carbocycles. The normalized spacial score (nSPS) is 11.1. The van der Waals surface area contributed by atoms with Gasteiger partial charge in [0, 0.05) is 11.1 Å². The first-order valence-corrected chi connectivity index (χ1v) is 8.96. The number of benzene rings is 2. The van der Waals surface area contributed by atoms with E-state index >= 15 is 0 Å². The van der Waals surface area contributed by atoms with Crippen LogP contribution in [0.1, 0.15) is 5.69 Å². The van der Waals surface area contributed by atoms with Gasteiger partial charge in [0.05, 0.1) is 10.4 Å². The smallest absolute Gasteiger partial charge is 0.375 e. The number of fused-ring (bicyclic) bond motifs is 2. The van der Waals surface area contributed by atoms with Gasteiger partial charge in [0.25, 0.3) is 0 Å². The van der Waals surface area contributed by atoms with Gasteiger partial charge in [-0.15, -0.1) is 5.10 Å². The first-order chi connectivity index (χ1) is 14.6. The highest BCUT2D eigenvalue weighted by atomic mass is 16.6. The van der Waals surface area contributed by atoms with Gasteiger partial charge in [-0.1, -0.05) is 35.5 Å². The average Bonchev–Trinajstić information content (AvgIpc) is 3.18. The molecule has 5 aromatic rings. The van der Waals surface area contributed by atoms with Crippen molar-refractivity contribution >= 4 is 27.6 Å². The summed E-state index contributed by atoms with van der Waals surface area (Å²) in [7, 11) is 0. The Morgan fingerprint density at radius 1 is 1.03 bits per heavy atom. The molecule has 0 aliphatic heterocycles. The second-order valence-electron chi connectivity index (χ2n) is 6.48. The lowest BCUT2D eigenvalue weighted by atomic mass is 10.2. The number of aromatic nitrogens is 6. The molecule has 146 valence electrons. The number of hydrogen-bond acceptors (Lipinski definition) is 8. The number of aryl methyl sites for hydroxylation is 1. The van der Waals surface area contributed by atoms with Crippen molar-refractivity contribution in [2.24, 2.45) is 0 Å². The SMILES string of the molecule is Cc1ccc2cccc(Oc3ncnc(-n4nnc5ccccc54)c3[N+](=O)[O-])c2n1. The fourth-order valence-corrected chi connectivity index (χ4v) is 3.17. The highest BCUT2D eigenvalue weighted by Crippen LogP contribution is 2.36. The van der Waals surface area contributed by atoms with Gasteiger partial charge in [-0.3, -0.25) is 10.1 Å². The third kappa shape index (κ3) is 2.87. The molecule has 0 spiro atoms. The molecule has 0 bridgehead atoms. The van der Waals surface area contributed by atoms with Crippen LogP contribution in [-0.2, 0) is 0 Å². The van der Waals surface area contributed by atoms with Crippen molar-refractivity contribution in [1.29, 1.82) is 0 Å². The van der Waals surface area contributed by atoms with Crippen LogP contribution in [0.15, 0.2) is 60.9 Å². The van der Waals surface area contributed by atoms with E-state index in [1.54, 1.807) is 36.4 Å². The van der Waals surface area contributed by atoms with Crippen molar-refractivity contribution in [1.82, 2.24) is 29.9 Å². The molecule has 0 aliphatic carbocycles. The van der Waals surface area contributed by atoms with Crippen LogP contribution in [0.3, 0.4) is 0 Å². The number of nitrogens with zero attached hydrogens (tertiary/aromatic N) is 7. The zero-order chi connectivity index (χ0) is 20.7. The number of hydrogen-bond donors (Lipinski definition) is 0. The molecule has 0 atom stereocenters. The zero-order valence-electron chi connectivity index (χ0n) is 15.6. The van der Waals surface area contributed by atoms with Gasteiger partial charge in [0.15, 0.2) is 5.75 Å². The van der Waals surface area contributed by atoms with Gasteiger partial charge >= 0.3 is 11.6 Å². The molecule has 0 unspecified atom stereocenters. The van der Waals surface area contributed by atoms with E-state index in [2.05, 4.69) is 25.3 Å². The topological polar surface area (TPSA) is 122 Å². The summed E-state index contributed by atoms with van der Waals surface area (Å²) in [5.74, 6) is 0.107. The number of ether oxygens (including phenoxy) is 1. The molecular weight excluding hydrogens is 386 g/mol. The maximum absolute atomic E-state index is 12.0. The van der Waals surface area contributed by atoms with E-state index in [0.717, 1.165) is 11.1 Å². The average molecular weight is 399 g/mol. The molecule has 0 fully saturated rings. The molecular formula is C20H13N7O3. The molecule has 3 aromatic heterocycles. The third-order valence-electron chi connectivity index (χ3n) is 4.53. The lowest BCUT2D eigenvalue weighted by molar-refractivity contribution is -0.386. The Balaban J connectivity index is 1.68. The van der Waals surface area contributed by atoms with Gasteiger partial charge in [0.1, 0.15) is 17.4 Å². The van der Waals surface area contributed by atoms with E-state index in [9.17, 15) is 10.1 Å². The zero-order valence-corrected chi connectivity index (χ0v) is 15.6. The summed E-state index contributed by atoms with van der Waals surface area (Å²) < 4.78 is 7.17. The molecule has 3 heterocycles. The van der Waals surface area contributed by atoms with Gasteiger partial charge < -0.3 is 4.74 Å².